The third-order valence-corrected chi connectivity index (χ3v) is 2.72. The summed E-state index contributed by atoms with van der Waals surface area (Å²) in [6.07, 6.45) is -0.311. The molecule has 0 N–H and O–H groups in total. The lowest BCUT2D eigenvalue weighted by Gasteiger charge is -2.24. The Morgan fingerprint density at radius 2 is 1.94 bits per heavy atom. The summed E-state index contributed by atoms with van der Waals surface area (Å²) in [6, 6.07) is 7.57. The van der Waals surface area contributed by atoms with Gasteiger partial charge in [0.25, 0.3) is 0 Å². The number of hydrogen-bond acceptors (Lipinski definition) is 3. The normalized spacial score (nSPS) is 14.8. The molecule has 2 atom stereocenters. The third kappa shape index (κ3) is 3.46. The van der Waals surface area contributed by atoms with Crippen LogP contribution in [0.15, 0.2) is 24.3 Å². The lowest BCUT2D eigenvalue weighted by molar-refractivity contribution is -0.118. The van der Waals surface area contributed by atoms with Gasteiger partial charge in [0.2, 0.25) is 0 Å². The average molecular weight is 245 g/mol. The van der Waals surface area contributed by atoms with E-state index in [2.05, 4.69) is 0 Å². The minimum atomic E-state index is -0.223. The molecule has 0 radical (unpaired) electrons. The van der Waals surface area contributed by atoms with Crippen molar-refractivity contribution >= 4 is 11.6 Å². The summed E-state index contributed by atoms with van der Waals surface area (Å²) in [5.74, 6) is 0. The Morgan fingerprint density at radius 3 is 2.50 bits per heavy atom. The number of benzene rings is 1. The van der Waals surface area contributed by atoms with Crippen molar-refractivity contribution in [3.8, 4) is 0 Å². The maximum Gasteiger partial charge on any atom is 0.147 e. The molecular weight excluding hydrogens is 228 g/mol. The van der Waals surface area contributed by atoms with E-state index in [0.29, 0.717) is 5.02 Å². The minimum Gasteiger partial charge on any atom is -0.379 e. The van der Waals surface area contributed by atoms with Crippen LogP contribution in [0, 0.1) is 0 Å². The molecule has 16 heavy (non-hydrogen) atoms. The van der Waals surface area contributed by atoms with Crippen LogP contribution in [-0.2, 0) is 14.2 Å². The molecule has 2 unspecified atom stereocenters. The van der Waals surface area contributed by atoms with Gasteiger partial charge in [0, 0.05) is 24.8 Å². The molecule has 3 nitrogen and oxygen atoms in total. The molecular formula is C12H17ClO3. The van der Waals surface area contributed by atoms with Gasteiger partial charge in [-0.15, -0.1) is 0 Å². The van der Waals surface area contributed by atoms with E-state index in [-0.39, 0.29) is 19.0 Å². The van der Waals surface area contributed by atoms with Gasteiger partial charge in [0.05, 0.1) is 6.10 Å². The molecule has 0 saturated heterocycles. The molecule has 0 aliphatic heterocycles. The van der Waals surface area contributed by atoms with Gasteiger partial charge in [-0.3, -0.25) is 0 Å². The lowest BCUT2D eigenvalue weighted by atomic mass is 10.1. The zero-order chi connectivity index (χ0) is 12.0. The lowest BCUT2D eigenvalue weighted by Crippen LogP contribution is -2.21. The fraction of sp³-hybridized carbons (Fsp3) is 0.500. The summed E-state index contributed by atoms with van der Waals surface area (Å²) in [5.41, 5.74) is 0.913. The van der Waals surface area contributed by atoms with Crippen LogP contribution in [0.1, 0.15) is 18.6 Å². The largest absolute Gasteiger partial charge is 0.379 e. The van der Waals surface area contributed by atoms with Gasteiger partial charge in [-0.2, -0.15) is 0 Å². The predicted octanol–water partition coefficient (Wildman–Crippen LogP) is 3.04. The second-order valence-corrected chi connectivity index (χ2v) is 3.86. The number of ether oxygens (including phenoxy) is 3. The first-order valence-electron chi connectivity index (χ1n) is 5.08. The van der Waals surface area contributed by atoms with Crippen molar-refractivity contribution in [3.05, 3.63) is 34.9 Å². The molecule has 0 bridgehead atoms. The van der Waals surface area contributed by atoms with Gasteiger partial charge in [-0.1, -0.05) is 29.8 Å². The number of methoxy groups -OCH3 is 2. The third-order valence-electron chi connectivity index (χ3n) is 2.38. The zero-order valence-corrected chi connectivity index (χ0v) is 10.5. The quantitative estimate of drug-likeness (QED) is 0.720. The van der Waals surface area contributed by atoms with E-state index in [4.69, 9.17) is 25.8 Å². The van der Waals surface area contributed by atoms with E-state index in [9.17, 15) is 0 Å². The van der Waals surface area contributed by atoms with Crippen molar-refractivity contribution in [3.63, 3.8) is 0 Å². The van der Waals surface area contributed by atoms with Crippen molar-refractivity contribution in [2.24, 2.45) is 0 Å². The molecule has 4 heteroatoms. The first kappa shape index (κ1) is 13.5. The Morgan fingerprint density at radius 1 is 1.25 bits per heavy atom. The number of halogens is 1. The molecule has 0 saturated carbocycles. The van der Waals surface area contributed by atoms with Crippen LogP contribution in [0.3, 0.4) is 0 Å². The van der Waals surface area contributed by atoms with Crippen molar-refractivity contribution in [2.75, 3.05) is 21.0 Å². The number of rotatable bonds is 6. The smallest absolute Gasteiger partial charge is 0.147 e. The summed E-state index contributed by atoms with van der Waals surface area (Å²) in [7, 11) is 3.23. The monoisotopic (exact) mass is 244 g/mol. The topological polar surface area (TPSA) is 27.7 Å². The van der Waals surface area contributed by atoms with Crippen molar-refractivity contribution in [2.45, 2.75) is 19.1 Å². The molecule has 90 valence electrons. The summed E-state index contributed by atoms with van der Waals surface area (Å²) in [5, 5.41) is 0.674. The second kappa shape index (κ2) is 6.86. The highest BCUT2D eigenvalue weighted by Gasteiger charge is 2.21. The van der Waals surface area contributed by atoms with Gasteiger partial charge < -0.3 is 14.2 Å². The summed E-state index contributed by atoms with van der Waals surface area (Å²) in [6.45, 7) is 2.15. The highest BCUT2D eigenvalue weighted by molar-refractivity contribution is 6.31. The molecule has 0 heterocycles. The molecule has 1 aromatic carbocycles. The summed E-state index contributed by atoms with van der Waals surface area (Å²) in [4.78, 5) is 0. The SMILES string of the molecule is COCOC(c1ccccc1Cl)C(C)OC. The van der Waals surface area contributed by atoms with Gasteiger partial charge in [-0.05, 0) is 13.0 Å². The van der Waals surface area contributed by atoms with Crippen molar-refractivity contribution in [1.29, 1.82) is 0 Å². The zero-order valence-electron chi connectivity index (χ0n) is 9.77. The Labute approximate surface area is 101 Å². The molecule has 0 aliphatic rings. The Balaban J connectivity index is 2.87. The minimum absolute atomic E-state index is 0.0879. The first-order chi connectivity index (χ1) is 7.70. The highest BCUT2D eigenvalue weighted by Crippen LogP contribution is 2.29. The van der Waals surface area contributed by atoms with E-state index in [0.717, 1.165) is 5.56 Å². The van der Waals surface area contributed by atoms with Gasteiger partial charge in [0.15, 0.2) is 0 Å². The number of hydrogen-bond donors (Lipinski definition) is 0. The fourth-order valence-corrected chi connectivity index (χ4v) is 1.69. The highest BCUT2D eigenvalue weighted by atomic mass is 35.5. The van der Waals surface area contributed by atoms with E-state index in [1.165, 1.54) is 0 Å². The molecule has 0 spiro atoms. The van der Waals surface area contributed by atoms with Crippen LogP contribution in [0.25, 0.3) is 0 Å². The maximum atomic E-state index is 6.12. The van der Waals surface area contributed by atoms with Crippen molar-refractivity contribution < 1.29 is 14.2 Å². The molecule has 0 aromatic heterocycles. The van der Waals surface area contributed by atoms with Crippen LogP contribution in [0.5, 0.6) is 0 Å². The molecule has 0 fully saturated rings. The van der Waals surface area contributed by atoms with Crippen LogP contribution >= 0.6 is 11.6 Å². The van der Waals surface area contributed by atoms with E-state index in [1.807, 2.05) is 31.2 Å². The summed E-state index contributed by atoms with van der Waals surface area (Å²) >= 11 is 6.12. The van der Waals surface area contributed by atoms with Gasteiger partial charge in [-0.25, -0.2) is 0 Å². The Hall–Kier alpha value is -0.610. The van der Waals surface area contributed by atoms with Crippen LogP contribution in [0.4, 0.5) is 0 Å². The molecule has 1 rings (SSSR count). The fourth-order valence-electron chi connectivity index (χ4n) is 1.45. The standard InChI is InChI=1S/C12H17ClO3/c1-9(15-3)12(16-8-14-2)10-6-4-5-7-11(10)13/h4-7,9,12H,8H2,1-3H3. The van der Waals surface area contributed by atoms with Gasteiger partial charge >= 0.3 is 0 Å². The van der Waals surface area contributed by atoms with Crippen LogP contribution in [0.2, 0.25) is 5.02 Å². The summed E-state index contributed by atoms with van der Waals surface area (Å²) < 4.78 is 15.8. The van der Waals surface area contributed by atoms with Crippen molar-refractivity contribution in [1.82, 2.24) is 0 Å². The van der Waals surface area contributed by atoms with E-state index in [1.54, 1.807) is 14.2 Å². The van der Waals surface area contributed by atoms with Crippen LogP contribution < -0.4 is 0 Å². The Kier molecular flexibility index (Phi) is 5.77. The van der Waals surface area contributed by atoms with E-state index < -0.39 is 0 Å². The molecule has 0 aliphatic carbocycles. The molecule has 1 aromatic rings. The second-order valence-electron chi connectivity index (χ2n) is 3.46. The average Bonchev–Trinajstić information content (AvgIpc) is 2.31. The van der Waals surface area contributed by atoms with E-state index >= 15 is 0 Å². The first-order valence-corrected chi connectivity index (χ1v) is 5.46. The van der Waals surface area contributed by atoms with Gasteiger partial charge in [0.1, 0.15) is 12.9 Å². The Bertz CT molecular complexity index is 317. The maximum absolute atomic E-state index is 6.12. The predicted molar refractivity (Wildman–Crippen MR) is 63.6 cm³/mol. The molecule has 0 amide bonds. The van der Waals surface area contributed by atoms with Crippen LogP contribution in [-0.4, -0.2) is 27.1 Å².